The molecule has 3 aromatic rings. The molecule has 0 bridgehead atoms. The van der Waals surface area contributed by atoms with E-state index in [1.807, 2.05) is 42.5 Å². The molecule has 6 heteroatoms. The number of hydrogen-bond donors (Lipinski definition) is 0. The van der Waals surface area contributed by atoms with Crippen molar-refractivity contribution in [3.05, 3.63) is 82.4 Å². The molecular weight excluding hydrogens is 362 g/mol. The van der Waals surface area contributed by atoms with Gasteiger partial charge in [-0.05, 0) is 40.6 Å². The van der Waals surface area contributed by atoms with Crippen molar-refractivity contribution in [3.63, 3.8) is 0 Å². The third kappa shape index (κ3) is 5.08. The summed E-state index contributed by atoms with van der Waals surface area (Å²) in [5.41, 5.74) is 0.814. The minimum atomic E-state index is -0.456. The van der Waals surface area contributed by atoms with Crippen molar-refractivity contribution in [2.45, 2.75) is 17.2 Å². The Kier molecular flexibility index (Phi) is 6.08. The molecule has 27 heavy (non-hydrogen) atoms. The fraction of sp³-hybridized carbons (Fsp3) is 0.190. The molecule has 0 aromatic heterocycles. The van der Waals surface area contributed by atoms with Crippen LogP contribution in [0.3, 0.4) is 0 Å². The lowest BCUT2D eigenvalue weighted by atomic mass is 9.94. The quantitative estimate of drug-likeness (QED) is 0.330. The molecule has 0 saturated heterocycles. The van der Waals surface area contributed by atoms with E-state index in [9.17, 15) is 14.9 Å². The molecule has 0 amide bonds. The molecule has 0 N–H and O–H groups in total. The van der Waals surface area contributed by atoms with Crippen LogP contribution in [-0.4, -0.2) is 23.7 Å². The largest absolute Gasteiger partial charge is 0.497 e. The first-order valence-corrected chi connectivity index (χ1v) is 9.32. The van der Waals surface area contributed by atoms with Crippen LogP contribution < -0.4 is 4.74 Å². The Labute approximate surface area is 161 Å². The molecule has 0 radical (unpaired) electrons. The summed E-state index contributed by atoms with van der Waals surface area (Å²) in [5.74, 6) is 0.261. The zero-order valence-corrected chi connectivity index (χ0v) is 15.6. The maximum absolute atomic E-state index is 12.5. The van der Waals surface area contributed by atoms with Gasteiger partial charge in [0.2, 0.25) is 6.54 Å². The predicted octanol–water partition coefficient (Wildman–Crippen LogP) is 4.92. The molecule has 0 fully saturated rings. The number of thioether (sulfide) groups is 1. The van der Waals surface area contributed by atoms with Crippen molar-refractivity contribution in [1.82, 2.24) is 0 Å². The number of fused-ring (bicyclic) bond motifs is 1. The number of hydrogen-bond acceptors (Lipinski definition) is 5. The van der Waals surface area contributed by atoms with Gasteiger partial charge in [0.15, 0.2) is 5.12 Å². The molecule has 0 heterocycles. The highest BCUT2D eigenvalue weighted by atomic mass is 32.2. The second-order valence-electron chi connectivity index (χ2n) is 6.17. The van der Waals surface area contributed by atoms with Crippen LogP contribution in [0, 0.1) is 10.1 Å². The number of ether oxygens (including phenoxy) is 1. The van der Waals surface area contributed by atoms with E-state index in [4.69, 9.17) is 4.74 Å². The van der Waals surface area contributed by atoms with E-state index in [1.54, 1.807) is 31.4 Å². The second-order valence-corrected chi connectivity index (χ2v) is 7.30. The van der Waals surface area contributed by atoms with Crippen molar-refractivity contribution in [3.8, 4) is 5.75 Å². The Morgan fingerprint density at radius 2 is 1.78 bits per heavy atom. The van der Waals surface area contributed by atoms with Crippen LogP contribution in [0.5, 0.6) is 5.75 Å². The molecule has 0 aliphatic heterocycles. The van der Waals surface area contributed by atoms with Crippen LogP contribution in [0.25, 0.3) is 10.8 Å². The first-order valence-electron chi connectivity index (χ1n) is 8.50. The molecule has 5 nitrogen and oxygen atoms in total. The molecular formula is C21H19NO4S. The molecule has 1 atom stereocenters. The lowest BCUT2D eigenvalue weighted by molar-refractivity contribution is -0.483. The zero-order valence-electron chi connectivity index (χ0n) is 14.8. The standard InChI is InChI=1S/C21H19NO4S/c1-26-19-8-10-20(11-9-19)27-21(23)13-18(14-22(24)25)17-7-6-15-4-2-3-5-16(15)12-17/h2-12,18H,13-14H2,1H3/t18-/m0/s1. The number of methoxy groups -OCH3 is 1. The molecule has 0 saturated carbocycles. The van der Waals surface area contributed by atoms with E-state index in [0.717, 1.165) is 33.0 Å². The van der Waals surface area contributed by atoms with Crippen LogP contribution in [0.1, 0.15) is 17.9 Å². The van der Waals surface area contributed by atoms with Crippen molar-refractivity contribution >= 4 is 27.6 Å². The lowest BCUT2D eigenvalue weighted by Crippen LogP contribution is -2.15. The van der Waals surface area contributed by atoms with Gasteiger partial charge in [0.05, 0.1) is 13.0 Å². The Balaban J connectivity index is 1.76. The molecule has 3 aromatic carbocycles. The van der Waals surface area contributed by atoms with Gasteiger partial charge < -0.3 is 4.74 Å². The van der Waals surface area contributed by atoms with Crippen molar-refractivity contribution < 1.29 is 14.5 Å². The lowest BCUT2D eigenvalue weighted by Gasteiger charge is -2.13. The molecule has 0 aliphatic carbocycles. The maximum atomic E-state index is 12.5. The highest BCUT2D eigenvalue weighted by Crippen LogP contribution is 2.29. The number of carbonyl (C=O) groups is 1. The summed E-state index contributed by atoms with van der Waals surface area (Å²) >= 11 is 1.10. The summed E-state index contributed by atoms with van der Waals surface area (Å²) in [6.45, 7) is -0.271. The molecule has 0 unspecified atom stereocenters. The topological polar surface area (TPSA) is 69.4 Å². The first-order chi connectivity index (χ1) is 13.0. The zero-order chi connectivity index (χ0) is 19.2. The minimum Gasteiger partial charge on any atom is -0.497 e. The van der Waals surface area contributed by atoms with Crippen LogP contribution in [0.2, 0.25) is 0 Å². The van der Waals surface area contributed by atoms with Gasteiger partial charge in [0, 0.05) is 16.2 Å². The van der Waals surface area contributed by atoms with Gasteiger partial charge in [-0.15, -0.1) is 0 Å². The Hall–Kier alpha value is -2.86. The van der Waals surface area contributed by atoms with Gasteiger partial charge in [0.25, 0.3) is 0 Å². The van der Waals surface area contributed by atoms with Crippen LogP contribution in [-0.2, 0) is 4.79 Å². The SMILES string of the molecule is COc1ccc(SC(=O)C[C@@H](C[N+](=O)[O-])c2ccc3ccccc3c2)cc1. The van der Waals surface area contributed by atoms with Gasteiger partial charge in [-0.25, -0.2) is 0 Å². The molecule has 3 rings (SSSR count). The first kappa shape index (κ1) is 18.9. The highest BCUT2D eigenvalue weighted by Gasteiger charge is 2.22. The smallest absolute Gasteiger partial charge is 0.211 e. The second kappa shape index (κ2) is 8.68. The number of rotatable bonds is 7. The number of nitro groups is 1. The number of nitrogens with zero attached hydrogens (tertiary/aromatic N) is 1. The predicted molar refractivity (Wildman–Crippen MR) is 107 cm³/mol. The average Bonchev–Trinajstić information content (AvgIpc) is 2.67. The normalized spacial score (nSPS) is 11.9. The Bertz CT molecular complexity index is 956. The molecule has 138 valence electrons. The van der Waals surface area contributed by atoms with Crippen LogP contribution in [0.15, 0.2) is 71.6 Å². The van der Waals surface area contributed by atoms with Gasteiger partial charge in [-0.3, -0.25) is 14.9 Å². The maximum Gasteiger partial charge on any atom is 0.211 e. The number of carbonyl (C=O) groups excluding carboxylic acids is 1. The van der Waals surface area contributed by atoms with Crippen molar-refractivity contribution in [2.75, 3.05) is 13.7 Å². The van der Waals surface area contributed by atoms with E-state index in [1.165, 1.54) is 0 Å². The summed E-state index contributed by atoms with van der Waals surface area (Å²) in [6, 6.07) is 20.8. The minimum absolute atomic E-state index is 0.0971. The summed E-state index contributed by atoms with van der Waals surface area (Å²) in [6.07, 6.45) is 0.107. The third-order valence-corrected chi connectivity index (χ3v) is 5.22. The summed E-state index contributed by atoms with van der Waals surface area (Å²) < 4.78 is 5.11. The van der Waals surface area contributed by atoms with E-state index in [-0.39, 0.29) is 23.0 Å². The fourth-order valence-corrected chi connectivity index (χ4v) is 3.77. The van der Waals surface area contributed by atoms with E-state index in [2.05, 4.69) is 0 Å². The van der Waals surface area contributed by atoms with Gasteiger partial charge in [-0.2, -0.15) is 0 Å². The van der Waals surface area contributed by atoms with Gasteiger partial charge >= 0.3 is 0 Å². The summed E-state index contributed by atoms with van der Waals surface area (Å²) in [7, 11) is 1.58. The van der Waals surface area contributed by atoms with Crippen LogP contribution >= 0.6 is 11.8 Å². The fourth-order valence-electron chi connectivity index (χ4n) is 2.95. The number of benzene rings is 3. The molecule has 0 spiro atoms. The monoisotopic (exact) mass is 381 g/mol. The van der Waals surface area contributed by atoms with Crippen molar-refractivity contribution in [2.24, 2.45) is 0 Å². The Morgan fingerprint density at radius 3 is 2.44 bits per heavy atom. The van der Waals surface area contributed by atoms with E-state index in [0.29, 0.717) is 5.75 Å². The third-order valence-electron chi connectivity index (χ3n) is 4.32. The van der Waals surface area contributed by atoms with Crippen molar-refractivity contribution in [1.29, 1.82) is 0 Å². The van der Waals surface area contributed by atoms with Gasteiger partial charge in [0.1, 0.15) is 5.75 Å². The molecule has 0 aliphatic rings. The van der Waals surface area contributed by atoms with Gasteiger partial charge in [-0.1, -0.05) is 54.2 Å². The summed E-state index contributed by atoms with van der Waals surface area (Å²) in [5, 5.41) is 13.1. The van der Waals surface area contributed by atoms with Crippen LogP contribution in [0.4, 0.5) is 0 Å². The average molecular weight is 381 g/mol. The van der Waals surface area contributed by atoms with E-state index >= 15 is 0 Å². The summed E-state index contributed by atoms with van der Waals surface area (Å²) in [4.78, 5) is 24.1. The Morgan fingerprint density at radius 1 is 1.07 bits per heavy atom. The highest BCUT2D eigenvalue weighted by molar-refractivity contribution is 8.13. The van der Waals surface area contributed by atoms with E-state index < -0.39 is 5.92 Å².